The predicted octanol–water partition coefficient (Wildman–Crippen LogP) is 0.445. The normalized spacial score (nSPS) is 34.4. The minimum atomic E-state index is -3.86. The van der Waals surface area contributed by atoms with Gasteiger partial charge in [-0.25, -0.2) is 0 Å². The Bertz CT molecular complexity index is 636. The molecule has 0 spiro atoms. The molecule has 8 nitrogen and oxygen atoms in total. The molecule has 3 aliphatic rings. The van der Waals surface area contributed by atoms with Gasteiger partial charge in [-0.3, -0.25) is 9.59 Å². The Kier molecular flexibility index (Phi) is 4.61. The van der Waals surface area contributed by atoms with Crippen molar-refractivity contribution in [1.82, 2.24) is 8.61 Å². The molecular formula is C15H24N2O6S. The Labute approximate surface area is 141 Å². The second-order valence-electron chi connectivity index (χ2n) is 6.87. The highest BCUT2D eigenvalue weighted by Crippen LogP contribution is 2.50. The lowest BCUT2D eigenvalue weighted by atomic mass is 9.81. The van der Waals surface area contributed by atoms with Crippen LogP contribution < -0.4 is 0 Å². The number of hydrogen-bond donors (Lipinski definition) is 1. The molecule has 3 fully saturated rings. The summed E-state index contributed by atoms with van der Waals surface area (Å²) in [5.74, 6) is -1.58. The summed E-state index contributed by atoms with van der Waals surface area (Å²) in [5.41, 5.74) is -0.966. The Balaban J connectivity index is 1.81. The van der Waals surface area contributed by atoms with Crippen LogP contribution in [0.4, 0.5) is 0 Å². The first-order chi connectivity index (χ1) is 11.3. The fourth-order valence-electron chi connectivity index (χ4n) is 4.41. The van der Waals surface area contributed by atoms with Crippen LogP contribution in [0.2, 0.25) is 0 Å². The quantitative estimate of drug-likeness (QED) is 0.714. The maximum absolute atomic E-state index is 13.0. The van der Waals surface area contributed by atoms with Crippen LogP contribution >= 0.6 is 0 Å². The molecule has 1 N–H and O–H groups in total. The summed E-state index contributed by atoms with van der Waals surface area (Å²) in [6.45, 7) is 2.39. The van der Waals surface area contributed by atoms with Crippen LogP contribution in [-0.4, -0.2) is 66.4 Å². The van der Waals surface area contributed by atoms with Gasteiger partial charge in [-0.05, 0) is 38.5 Å². The van der Waals surface area contributed by atoms with Gasteiger partial charge in [-0.2, -0.15) is 17.0 Å². The molecule has 3 atom stereocenters. The number of hydrogen-bond acceptors (Lipinski definition) is 5. The number of aliphatic carboxylic acids is 1. The van der Waals surface area contributed by atoms with E-state index in [0.29, 0.717) is 19.3 Å². The summed E-state index contributed by atoms with van der Waals surface area (Å²) in [4.78, 5) is 23.8. The molecule has 0 radical (unpaired) electrons. The number of rotatable bonds is 5. The van der Waals surface area contributed by atoms with E-state index in [9.17, 15) is 23.1 Å². The van der Waals surface area contributed by atoms with E-state index in [1.807, 2.05) is 0 Å². The van der Waals surface area contributed by atoms with Crippen molar-refractivity contribution in [3.8, 4) is 0 Å². The smallest absolute Gasteiger partial charge is 0.324 e. The van der Waals surface area contributed by atoms with Crippen molar-refractivity contribution in [3.63, 3.8) is 0 Å². The standard InChI is InChI=1S/C15H24N2O6S/c1-2-23-13(18)12-6-4-8-17(12)24(21,22)16-9-11-5-3-7-15(11,10-16)14(19)20/h11-12H,2-10H2,1H3,(H,19,20)/t11-,12?,15+/m0/s1. The van der Waals surface area contributed by atoms with Crippen LogP contribution in [0.25, 0.3) is 0 Å². The molecule has 0 aromatic heterocycles. The molecule has 1 unspecified atom stereocenters. The van der Waals surface area contributed by atoms with Crippen molar-refractivity contribution in [2.75, 3.05) is 26.2 Å². The van der Waals surface area contributed by atoms with Crippen molar-refractivity contribution >= 4 is 22.1 Å². The first-order valence-electron chi connectivity index (χ1n) is 8.50. The summed E-state index contributed by atoms with van der Waals surface area (Å²) in [6.07, 6.45) is 3.11. The molecule has 9 heteroatoms. The Hall–Kier alpha value is -1.19. The highest BCUT2D eigenvalue weighted by Gasteiger charge is 2.58. The lowest BCUT2D eigenvalue weighted by molar-refractivity contribution is -0.149. The third kappa shape index (κ3) is 2.62. The molecule has 2 heterocycles. The molecule has 0 aromatic rings. The van der Waals surface area contributed by atoms with Gasteiger partial charge in [0.25, 0.3) is 10.2 Å². The van der Waals surface area contributed by atoms with E-state index >= 15 is 0 Å². The van der Waals surface area contributed by atoms with Crippen LogP contribution in [-0.2, 0) is 24.5 Å². The van der Waals surface area contributed by atoms with E-state index in [2.05, 4.69) is 0 Å². The molecule has 2 aliphatic heterocycles. The minimum Gasteiger partial charge on any atom is -0.481 e. The van der Waals surface area contributed by atoms with Crippen molar-refractivity contribution in [1.29, 1.82) is 0 Å². The molecule has 136 valence electrons. The number of nitrogens with zero attached hydrogens (tertiary/aromatic N) is 2. The van der Waals surface area contributed by atoms with Gasteiger partial charge in [0.15, 0.2) is 0 Å². The van der Waals surface area contributed by atoms with Gasteiger partial charge in [0, 0.05) is 19.6 Å². The predicted molar refractivity (Wildman–Crippen MR) is 84.3 cm³/mol. The summed E-state index contributed by atoms with van der Waals surface area (Å²) >= 11 is 0. The zero-order valence-electron chi connectivity index (χ0n) is 13.8. The average molecular weight is 360 g/mol. The monoisotopic (exact) mass is 360 g/mol. The topological polar surface area (TPSA) is 104 Å². The Morgan fingerprint density at radius 3 is 2.67 bits per heavy atom. The number of carbonyl (C=O) groups excluding carboxylic acids is 1. The molecule has 3 rings (SSSR count). The number of ether oxygens (including phenoxy) is 1. The van der Waals surface area contributed by atoms with Crippen LogP contribution in [0.5, 0.6) is 0 Å². The maximum Gasteiger partial charge on any atom is 0.324 e. The van der Waals surface area contributed by atoms with Crippen molar-refractivity contribution in [3.05, 3.63) is 0 Å². The number of carboxylic acids is 1. The fourth-order valence-corrected chi connectivity index (χ4v) is 6.34. The van der Waals surface area contributed by atoms with Crippen LogP contribution in [0.15, 0.2) is 0 Å². The van der Waals surface area contributed by atoms with E-state index in [1.165, 1.54) is 8.61 Å². The molecule has 2 saturated heterocycles. The van der Waals surface area contributed by atoms with Crippen LogP contribution in [0, 0.1) is 11.3 Å². The molecule has 1 aliphatic carbocycles. The SMILES string of the molecule is CCOC(=O)C1CCCN1S(=O)(=O)N1C[C@@H]2CCC[C@@]2(C(=O)O)C1. The van der Waals surface area contributed by atoms with Gasteiger partial charge in [0.05, 0.1) is 12.0 Å². The molecular weight excluding hydrogens is 336 g/mol. The first-order valence-corrected chi connectivity index (χ1v) is 9.89. The third-order valence-corrected chi connectivity index (χ3v) is 7.61. The maximum atomic E-state index is 13.0. The second-order valence-corrected chi connectivity index (χ2v) is 8.75. The first kappa shape index (κ1) is 17.6. The molecule has 1 saturated carbocycles. The largest absolute Gasteiger partial charge is 0.481 e. The number of carboxylic acid groups (broad SMARTS) is 1. The zero-order valence-corrected chi connectivity index (χ0v) is 14.6. The highest BCUT2D eigenvalue weighted by molar-refractivity contribution is 7.86. The number of carbonyl (C=O) groups is 2. The Morgan fingerprint density at radius 1 is 1.29 bits per heavy atom. The average Bonchev–Trinajstić information content (AvgIpc) is 3.21. The van der Waals surface area contributed by atoms with E-state index < -0.39 is 33.6 Å². The highest BCUT2D eigenvalue weighted by atomic mass is 32.2. The van der Waals surface area contributed by atoms with Crippen LogP contribution in [0.1, 0.15) is 39.0 Å². The third-order valence-electron chi connectivity index (χ3n) is 5.65. The summed E-state index contributed by atoms with van der Waals surface area (Å²) in [7, 11) is -3.86. The van der Waals surface area contributed by atoms with Gasteiger partial charge in [0.2, 0.25) is 0 Å². The van der Waals surface area contributed by atoms with Crippen molar-refractivity contribution < 1.29 is 27.9 Å². The van der Waals surface area contributed by atoms with Crippen molar-refractivity contribution in [2.24, 2.45) is 11.3 Å². The number of fused-ring (bicyclic) bond motifs is 1. The number of esters is 1. The van der Waals surface area contributed by atoms with Gasteiger partial charge in [-0.1, -0.05) is 6.42 Å². The lowest BCUT2D eigenvalue weighted by Gasteiger charge is -2.28. The van der Waals surface area contributed by atoms with E-state index in [-0.39, 0.29) is 32.2 Å². The second kappa shape index (κ2) is 6.27. The van der Waals surface area contributed by atoms with Gasteiger partial charge in [-0.15, -0.1) is 0 Å². The van der Waals surface area contributed by atoms with E-state index in [0.717, 1.165) is 12.8 Å². The summed E-state index contributed by atoms with van der Waals surface area (Å²) < 4.78 is 33.5. The zero-order chi connectivity index (χ0) is 17.5. The molecule has 24 heavy (non-hydrogen) atoms. The summed E-state index contributed by atoms with van der Waals surface area (Å²) in [6, 6.07) is -0.795. The Morgan fingerprint density at radius 2 is 2.04 bits per heavy atom. The van der Waals surface area contributed by atoms with Gasteiger partial charge < -0.3 is 9.84 Å². The van der Waals surface area contributed by atoms with E-state index in [4.69, 9.17) is 4.74 Å². The summed E-state index contributed by atoms with van der Waals surface area (Å²) in [5, 5.41) is 9.62. The molecule has 0 bridgehead atoms. The van der Waals surface area contributed by atoms with Crippen LogP contribution in [0.3, 0.4) is 0 Å². The minimum absolute atomic E-state index is 0.00137. The van der Waals surface area contributed by atoms with E-state index in [1.54, 1.807) is 6.92 Å². The van der Waals surface area contributed by atoms with Gasteiger partial charge >= 0.3 is 11.9 Å². The molecule has 0 aromatic carbocycles. The van der Waals surface area contributed by atoms with Crippen molar-refractivity contribution in [2.45, 2.75) is 45.1 Å². The fraction of sp³-hybridized carbons (Fsp3) is 0.867. The van der Waals surface area contributed by atoms with Gasteiger partial charge in [0.1, 0.15) is 6.04 Å². The lowest BCUT2D eigenvalue weighted by Crippen LogP contribution is -2.49. The molecule has 0 amide bonds.